The molecule has 1 aliphatic rings. The first kappa shape index (κ1) is 44.3. The number of benzene rings is 1. The first-order chi connectivity index (χ1) is 20.0. The Labute approximate surface area is 253 Å². The third-order valence-electron chi connectivity index (χ3n) is 4.94. The summed E-state index contributed by atoms with van der Waals surface area (Å²) in [6.07, 6.45) is 4.42. The van der Waals surface area contributed by atoms with E-state index in [-0.39, 0.29) is 6.10 Å². The van der Waals surface area contributed by atoms with Gasteiger partial charge in [0.05, 0.1) is 33.0 Å². The molecule has 1 aliphatic heterocycles. The topological polar surface area (TPSA) is 77.1 Å². The van der Waals surface area contributed by atoms with E-state index in [2.05, 4.69) is 26.0 Å². The van der Waals surface area contributed by atoms with Gasteiger partial charge in [0.2, 0.25) is 0 Å². The number of ether oxygens (including phenoxy) is 8. The van der Waals surface area contributed by atoms with Gasteiger partial charge in [-0.05, 0) is 54.0 Å². The SMILES string of the molecule is CCCCC.CCOCC.CCOCC(COCC)OCC1CO1.CCOCOCC.CCOCc1ccccc1. The number of hydrogen-bond acceptors (Lipinski definition) is 8. The van der Waals surface area contributed by atoms with Gasteiger partial charge in [-0.3, -0.25) is 0 Å². The monoisotopic (exact) mass is 590 g/mol. The summed E-state index contributed by atoms with van der Waals surface area (Å²) in [5.74, 6) is 0. The first-order valence-corrected chi connectivity index (χ1v) is 15.8. The van der Waals surface area contributed by atoms with Crippen molar-refractivity contribution in [3.63, 3.8) is 0 Å². The highest BCUT2D eigenvalue weighted by Crippen LogP contribution is 2.10. The van der Waals surface area contributed by atoms with Crippen LogP contribution < -0.4 is 0 Å². The Kier molecular flexibility index (Phi) is 44.4. The molecule has 1 atom stereocenters. The molecule has 1 fully saturated rings. The number of rotatable bonds is 20. The molecule has 0 N–H and O–H groups in total. The molecule has 1 saturated heterocycles. The minimum absolute atomic E-state index is 0.0408. The molecule has 0 spiro atoms. The Morgan fingerprint density at radius 1 is 0.634 bits per heavy atom. The van der Waals surface area contributed by atoms with E-state index in [1.54, 1.807) is 0 Å². The minimum Gasteiger partial charge on any atom is -0.382 e. The van der Waals surface area contributed by atoms with Crippen LogP contribution in [0.25, 0.3) is 0 Å². The molecule has 0 amide bonds. The van der Waals surface area contributed by atoms with Crippen molar-refractivity contribution in [1.82, 2.24) is 0 Å². The highest BCUT2D eigenvalue weighted by Gasteiger charge is 2.24. The van der Waals surface area contributed by atoms with Crippen molar-refractivity contribution in [3.05, 3.63) is 35.9 Å². The van der Waals surface area contributed by atoms with Gasteiger partial charge in [-0.1, -0.05) is 63.4 Å². The van der Waals surface area contributed by atoms with Crippen LogP contribution in [0.1, 0.15) is 87.1 Å². The zero-order chi connectivity index (χ0) is 31.2. The van der Waals surface area contributed by atoms with E-state index in [1.165, 1.54) is 24.8 Å². The van der Waals surface area contributed by atoms with Crippen LogP contribution in [0.3, 0.4) is 0 Å². The van der Waals surface area contributed by atoms with Crippen LogP contribution in [0.5, 0.6) is 0 Å². The van der Waals surface area contributed by atoms with Crippen molar-refractivity contribution in [1.29, 1.82) is 0 Å². The molecule has 0 aromatic heterocycles. The van der Waals surface area contributed by atoms with Crippen LogP contribution in [0.2, 0.25) is 0 Å². The summed E-state index contributed by atoms with van der Waals surface area (Å²) in [4.78, 5) is 0. The van der Waals surface area contributed by atoms with Crippen LogP contribution in [0.4, 0.5) is 0 Å². The highest BCUT2D eigenvalue weighted by atomic mass is 16.7. The molecule has 2 rings (SSSR count). The fourth-order valence-electron chi connectivity index (χ4n) is 2.63. The summed E-state index contributed by atoms with van der Waals surface area (Å²) in [5, 5.41) is 0. The predicted molar refractivity (Wildman–Crippen MR) is 170 cm³/mol. The Bertz CT molecular complexity index is 521. The summed E-state index contributed by atoms with van der Waals surface area (Å²) in [7, 11) is 0. The molecule has 0 radical (unpaired) electrons. The van der Waals surface area contributed by atoms with Crippen LogP contribution in [-0.2, 0) is 44.5 Å². The summed E-state index contributed by atoms with van der Waals surface area (Å²) in [6, 6.07) is 10.2. The summed E-state index contributed by atoms with van der Waals surface area (Å²) in [6.45, 7) is 27.5. The molecule has 1 unspecified atom stereocenters. The maximum atomic E-state index is 5.60. The zero-order valence-corrected chi connectivity index (χ0v) is 28.1. The van der Waals surface area contributed by atoms with Gasteiger partial charge in [0.25, 0.3) is 0 Å². The van der Waals surface area contributed by atoms with E-state index >= 15 is 0 Å². The van der Waals surface area contributed by atoms with Crippen LogP contribution in [0, 0.1) is 0 Å². The largest absolute Gasteiger partial charge is 0.382 e. The number of hydrogen-bond donors (Lipinski definition) is 0. The van der Waals surface area contributed by atoms with Crippen molar-refractivity contribution in [3.8, 4) is 0 Å². The standard InChI is InChI=1S/C10H20O4.C9H12O.C5H12O2.C5H12.C4H10O/c1-3-11-5-9(6-12-4-2)13-7-10-8-14-10;1-2-10-8-9-6-4-3-5-7-9;1-3-6-5-7-4-2;2*1-3-5-4-2/h9-10H,3-8H2,1-2H3;3-7H,2,8H2,1H3;3-5H2,1-2H3;3-5H2,1-2H3;3-4H2,1-2H3. The quantitative estimate of drug-likeness (QED) is 0.0888. The van der Waals surface area contributed by atoms with E-state index < -0.39 is 0 Å². The number of unbranched alkanes of at least 4 members (excludes halogenated alkanes) is 2. The lowest BCUT2D eigenvalue weighted by Crippen LogP contribution is -2.27. The van der Waals surface area contributed by atoms with Gasteiger partial charge in [-0.15, -0.1) is 0 Å². The van der Waals surface area contributed by atoms with E-state index in [4.69, 9.17) is 37.9 Å². The van der Waals surface area contributed by atoms with Crippen molar-refractivity contribution >= 4 is 0 Å². The molecule has 0 aliphatic carbocycles. The van der Waals surface area contributed by atoms with Gasteiger partial charge < -0.3 is 37.9 Å². The molecule has 41 heavy (non-hydrogen) atoms. The normalized spacial score (nSPS) is 13.0. The zero-order valence-electron chi connectivity index (χ0n) is 28.1. The third kappa shape index (κ3) is 43.5. The average Bonchev–Trinajstić information content (AvgIpc) is 3.83. The van der Waals surface area contributed by atoms with Gasteiger partial charge in [0, 0.05) is 46.2 Å². The molecule has 8 nitrogen and oxygen atoms in total. The Morgan fingerprint density at radius 3 is 1.44 bits per heavy atom. The molecule has 1 aromatic carbocycles. The first-order valence-electron chi connectivity index (χ1n) is 15.8. The second kappa shape index (κ2) is 41.0. The fraction of sp³-hybridized carbons (Fsp3) is 0.818. The fourth-order valence-corrected chi connectivity index (χ4v) is 2.63. The van der Waals surface area contributed by atoms with Crippen LogP contribution >= 0.6 is 0 Å². The lowest BCUT2D eigenvalue weighted by Gasteiger charge is -2.16. The number of epoxide rings is 1. The molecule has 1 heterocycles. The van der Waals surface area contributed by atoms with E-state index in [9.17, 15) is 0 Å². The van der Waals surface area contributed by atoms with Gasteiger partial charge >= 0.3 is 0 Å². The average molecular weight is 591 g/mol. The minimum atomic E-state index is 0.0408. The van der Waals surface area contributed by atoms with Crippen molar-refractivity contribution in [2.24, 2.45) is 0 Å². The van der Waals surface area contributed by atoms with Crippen molar-refractivity contribution in [2.45, 2.75) is 100 Å². The highest BCUT2D eigenvalue weighted by molar-refractivity contribution is 5.13. The second-order valence-electron chi connectivity index (χ2n) is 8.59. The van der Waals surface area contributed by atoms with E-state index in [0.29, 0.717) is 45.9 Å². The maximum Gasteiger partial charge on any atom is 0.146 e. The smallest absolute Gasteiger partial charge is 0.146 e. The molecular weight excluding hydrogens is 524 g/mol. The molecule has 0 saturated carbocycles. The van der Waals surface area contributed by atoms with Gasteiger partial charge in [-0.25, -0.2) is 0 Å². The van der Waals surface area contributed by atoms with Gasteiger partial charge in [0.15, 0.2) is 0 Å². The van der Waals surface area contributed by atoms with Crippen molar-refractivity contribution in [2.75, 3.05) is 79.5 Å². The predicted octanol–water partition coefficient (Wildman–Crippen LogP) is 7.32. The van der Waals surface area contributed by atoms with Crippen molar-refractivity contribution < 1.29 is 37.9 Å². The molecule has 246 valence electrons. The summed E-state index contributed by atoms with van der Waals surface area (Å²) >= 11 is 0. The summed E-state index contributed by atoms with van der Waals surface area (Å²) < 4.78 is 41.0. The maximum absolute atomic E-state index is 5.60. The van der Waals surface area contributed by atoms with Crippen LogP contribution in [0.15, 0.2) is 30.3 Å². The lowest BCUT2D eigenvalue weighted by atomic mass is 10.2. The Morgan fingerprint density at radius 2 is 1.10 bits per heavy atom. The molecular formula is C33H66O8. The molecule has 0 bridgehead atoms. The van der Waals surface area contributed by atoms with Crippen LogP contribution in [-0.4, -0.2) is 91.7 Å². The third-order valence-corrected chi connectivity index (χ3v) is 4.94. The Hall–Kier alpha value is -1.10. The Balaban J connectivity index is -0.000000471. The van der Waals surface area contributed by atoms with E-state index in [0.717, 1.165) is 46.2 Å². The summed E-state index contributed by atoms with van der Waals surface area (Å²) in [5.41, 5.74) is 1.24. The van der Waals surface area contributed by atoms with Gasteiger partial charge in [0.1, 0.15) is 19.0 Å². The van der Waals surface area contributed by atoms with E-state index in [1.807, 2.05) is 66.7 Å². The van der Waals surface area contributed by atoms with Gasteiger partial charge in [-0.2, -0.15) is 0 Å². The second-order valence-corrected chi connectivity index (χ2v) is 8.59. The molecule has 1 aromatic rings. The lowest BCUT2D eigenvalue weighted by molar-refractivity contribution is -0.0596. The molecule has 8 heteroatoms.